The highest BCUT2D eigenvalue weighted by atomic mass is 32.2. The minimum absolute atomic E-state index is 0.00980. The fourth-order valence-corrected chi connectivity index (χ4v) is 3.74. The molecule has 0 bridgehead atoms. The van der Waals surface area contributed by atoms with Crippen LogP contribution in [0.5, 0.6) is 0 Å². The summed E-state index contributed by atoms with van der Waals surface area (Å²) < 4.78 is 0. The van der Waals surface area contributed by atoms with E-state index >= 15 is 0 Å². The lowest BCUT2D eigenvalue weighted by molar-refractivity contribution is -0.123. The van der Waals surface area contributed by atoms with Crippen molar-refractivity contribution >= 4 is 23.6 Å². The van der Waals surface area contributed by atoms with Gasteiger partial charge in [-0.15, -0.1) is 11.8 Å². The average molecular weight is 350 g/mol. The number of nitrogens with one attached hydrogen (secondary N) is 2. The van der Waals surface area contributed by atoms with E-state index in [2.05, 4.69) is 15.6 Å². The number of nitrogens with zero attached hydrogens (tertiary/aromatic N) is 1. The number of hydrogen-bond acceptors (Lipinski definition) is 4. The largest absolute Gasteiger partial charge is 0.354 e. The van der Waals surface area contributed by atoms with Gasteiger partial charge in [0.1, 0.15) is 0 Å². The van der Waals surface area contributed by atoms with Crippen LogP contribution in [0.1, 0.15) is 44.1 Å². The van der Waals surface area contributed by atoms with Gasteiger partial charge in [0.15, 0.2) is 0 Å². The second kappa shape index (κ2) is 11.1. The van der Waals surface area contributed by atoms with Gasteiger partial charge in [0.25, 0.3) is 0 Å². The predicted octanol–water partition coefficient (Wildman–Crippen LogP) is 2.52. The van der Waals surface area contributed by atoms with Crippen molar-refractivity contribution in [3.63, 3.8) is 0 Å². The van der Waals surface area contributed by atoms with Gasteiger partial charge in [-0.05, 0) is 36.5 Å². The van der Waals surface area contributed by atoms with Gasteiger partial charge in [0.2, 0.25) is 11.8 Å². The molecule has 0 aliphatic heterocycles. The molecule has 1 saturated carbocycles. The second-order valence-corrected chi connectivity index (χ2v) is 7.24. The summed E-state index contributed by atoms with van der Waals surface area (Å²) in [6, 6.07) is 3.90. The Bertz CT molecular complexity index is 504. The topological polar surface area (TPSA) is 71.1 Å². The van der Waals surface area contributed by atoms with Gasteiger partial charge in [-0.2, -0.15) is 0 Å². The van der Waals surface area contributed by atoms with E-state index in [9.17, 15) is 9.59 Å². The van der Waals surface area contributed by atoms with Crippen molar-refractivity contribution in [2.24, 2.45) is 5.92 Å². The fraction of sp³-hybridized carbons (Fsp3) is 0.611. The molecule has 0 atom stereocenters. The molecule has 0 saturated heterocycles. The van der Waals surface area contributed by atoms with E-state index in [0.29, 0.717) is 31.2 Å². The van der Waals surface area contributed by atoms with E-state index in [1.165, 1.54) is 32.1 Å². The normalized spacial score (nSPS) is 15.0. The van der Waals surface area contributed by atoms with E-state index in [-0.39, 0.29) is 11.8 Å². The molecule has 1 fully saturated rings. The summed E-state index contributed by atoms with van der Waals surface area (Å²) in [5.74, 6) is 1.91. The molecule has 132 valence electrons. The van der Waals surface area contributed by atoms with Crippen LogP contribution in [-0.4, -0.2) is 35.6 Å². The maximum atomic E-state index is 11.9. The summed E-state index contributed by atoms with van der Waals surface area (Å²) in [5.41, 5.74) is 1.16. The Morgan fingerprint density at radius 2 is 1.71 bits per heavy atom. The lowest BCUT2D eigenvalue weighted by atomic mass is 9.87. The van der Waals surface area contributed by atoms with Gasteiger partial charge in [-0.3, -0.25) is 14.6 Å². The maximum absolute atomic E-state index is 11.9. The SMILES string of the molecule is O=C(CSCc1ccncc1)NCCNC(=O)CC1CCCCC1. The molecule has 1 aliphatic rings. The first-order valence-corrected chi connectivity index (χ1v) is 9.89. The minimum atomic E-state index is 0.00980. The second-order valence-electron chi connectivity index (χ2n) is 6.26. The summed E-state index contributed by atoms with van der Waals surface area (Å²) >= 11 is 1.57. The standard InChI is InChI=1S/C18H27N3O2S/c22-17(12-15-4-2-1-3-5-15)20-10-11-21-18(23)14-24-13-16-6-8-19-9-7-16/h6-9,15H,1-5,10-14H2,(H,20,22)(H,21,23). The van der Waals surface area contributed by atoms with Crippen LogP contribution < -0.4 is 10.6 Å². The third kappa shape index (κ3) is 7.81. The van der Waals surface area contributed by atoms with Crippen LogP contribution in [-0.2, 0) is 15.3 Å². The molecule has 5 nitrogen and oxygen atoms in total. The number of hydrogen-bond donors (Lipinski definition) is 2. The molecule has 1 aromatic rings. The maximum Gasteiger partial charge on any atom is 0.230 e. The first kappa shape index (κ1) is 18.8. The number of carbonyl (C=O) groups is 2. The molecule has 0 spiro atoms. The first-order chi connectivity index (χ1) is 11.7. The highest BCUT2D eigenvalue weighted by Crippen LogP contribution is 2.25. The summed E-state index contributed by atoms with van der Waals surface area (Å²) in [5, 5.41) is 5.74. The Hall–Kier alpha value is -1.56. The third-order valence-electron chi connectivity index (χ3n) is 4.22. The van der Waals surface area contributed by atoms with Crippen LogP contribution in [0.25, 0.3) is 0 Å². The molecule has 0 aromatic carbocycles. The molecule has 24 heavy (non-hydrogen) atoms. The molecular formula is C18H27N3O2S. The molecule has 1 aromatic heterocycles. The van der Waals surface area contributed by atoms with E-state index in [0.717, 1.165) is 11.3 Å². The Labute approximate surface area is 148 Å². The highest BCUT2D eigenvalue weighted by Gasteiger charge is 2.16. The minimum Gasteiger partial charge on any atom is -0.354 e. The van der Waals surface area contributed by atoms with E-state index in [4.69, 9.17) is 0 Å². The lowest BCUT2D eigenvalue weighted by Gasteiger charge is -2.20. The number of carbonyl (C=O) groups excluding carboxylic acids is 2. The van der Waals surface area contributed by atoms with Crippen molar-refractivity contribution in [2.75, 3.05) is 18.8 Å². The smallest absolute Gasteiger partial charge is 0.230 e. The number of pyridine rings is 1. The van der Waals surface area contributed by atoms with E-state index in [1.54, 1.807) is 24.2 Å². The van der Waals surface area contributed by atoms with Crippen molar-refractivity contribution in [1.82, 2.24) is 15.6 Å². The molecule has 0 radical (unpaired) electrons. The van der Waals surface area contributed by atoms with Crippen LogP contribution in [0.3, 0.4) is 0 Å². The van der Waals surface area contributed by atoms with Gasteiger partial charge in [-0.1, -0.05) is 19.3 Å². The summed E-state index contributed by atoms with van der Waals surface area (Å²) in [6.07, 6.45) is 10.3. The quantitative estimate of drug-likeness (QED) is 0.672. The van der Waals surface area contributed by atoms with Gasteiger partial charge < -0.3 is 10.6 Å². The predicted molar refractivity (Wildman–Crippen MR) is 97.6 cm³/mol. The van der Waals surface area contributed by atoms with E-state index in [1.807, 2.05) is 12.1 Å². The van der Waals surface area contributed by atoms with Crippen LogP contribution in [0.2, 0.25) is 0 Å². The Balaban J connectivity index is 1.47. The summed E-state index contributed by atoms with van der Waals surface area (Å²) in [7, 11) is 0. The number of rotatable bonds is 9. The Morgan fingerprint density at radius 1 is 1.04 bits per heavy atom. The van der Waals surface area contributed by atoms with Crippen LogP contribution in [0.4, 0.5) is 0 Å². The number of aromatic nitrogens is 1. The van der Waals surface area contributed by atoms with Gasteiger partial charge in [0, 0.05) is 37.7 Å². The summed E-state index contributed by atoms with van der Waals surface area (Å²) in [6.45, 7) is 0.997. The van der Waals surface area contributed by atoms with Gasteiger partial charge in [-0.25, -0.2) is 0 Å². The van der Waals surface area contributed by atoms with Crippen molar-refractivity contribution in [1.29, 1.82) is 0 Å². The summed E-state index contributed by atoms with van der Waals surface area (Å²) in [4.78, 5) is 27.6. The third-order valence-corrected chi connectivity index (χ3v) is 5.22. The molecular weight excluding hydrogens is 322 g/mol. The molecule has 6 heteroatoms. The zero-order valence-corrected chi connectivity index (χ0v) is 14.9. The highest BCUT2D eigenvalue weighted by molar-refractivity contribution is 7.99. The molecule has 0 unspecified atom stereocenters. The average Bonchev–Trinajstić information content (AvgIpc) is 2.60. The Morgan fingerprint density at radius 3 is 2.42 bits per heavy atom. The zero-order valence-electron chi connectivity index (χ0n) is 14.1. The van der Waals surface area contributed by atoms with Gasteiger partial charge >= 0.3 is 0 Å². The molecule has 2 rings (SSSR count). The van der Waals surface area contributed by atoms with E-state index < -0.39 is 0 Å². The monoisotopic (exact) mass is 349 g/mol. The van der Waals surface area contributed by atoms with Crippen LogP contribution >= 0.6 is 11.8 Å². The van der Waals surface area contributed by atoms with Crippen LogP contribution in [0, 0.1) is 5.92 Å². The van der Waals surface area contributed by atoms with Crippen molar-refractivity contribution < 1.29 is 9.59 Å². The molecule has 2 N–H and O–H groups in total. The first-order valence-electron chi connectivity index (χ1n) is 8.74. The zero-order chi connectivity index (χ0) is 17.0. The van der Waals surface area contributed by atoms with Gasteiger partial charge in [0.05, 0.1) is 5.75 Å². The lowest BCUT2D eigenvalue weighted by Crippen LogP contribution is -2.36. The molecule has 1 aliphatic carbocycles. The van der Waals surface area contributed by atoms with Crippen molar-refractivity contribution in [3.05, 3.63) is 30.1 Å². The Kier molecular flexibility index (Phi) is 8.66. The fourth-order valence-electron chi connectivity index (χ4n) is 2.92. The van der Waals surface area contributed by atoms with Crippen LogP contribution in [0.15, 0.2) is 24.5 Å². The number of amides is 2. The van der Waals surface area contributed by atoms with Crippen molar-refractivity contribution in [3.8, 4) is 0 Å². The molecule has 1 heterocycles. The number of thioether (sulfide) groups is 1. The van der Waals surface area contributed by atoms with Crippen molar-refractivity contribution in [2.45, 2.75) is 44.3 Å². The molecule has 2 amide bonds.